The summed E-state index contributed by atoms with van der Waals surface area (Å²) in [4.78, 5) is 1.37. The Hall–Kier alpha value is -0.830. The van der Waals surface area contributed by atoms with Gasteiger partial charge in [0.15, 0.2) is 0 Å². The molecule has 0 amide bonds. The van der Waals surface area contributed by atoms with E-state index < -0.39 is 0 Å². The maximum atomic E-state index is 6.20. The lowest BCUT2D eigenvalue weighted by molar-refractivity contribution is 0.591. The fourth-order valence-corrected chi connectivity index (χ4v) is 2.99. The molecule has 1 heterocycles. The number of aryl methyl sites for hydroxylation is 1. The Morgan fingerprint density at radius 1 is 1.29 bits per heavy atom. The molecule has 2 rings (SSSR count). The fourth-order valence-electron chi connectivity index (χ4n) is 2.01. The van der Waals surface area contributed by atoms with Crippen molar-refractivity contribution >= 4 is 22.9 Å². The molecule has 3 heteroatoms. The van der Waals surface area contributed by atoms with Crippen molar-refractivity contribution in [3.05, 3.63) is 56.7 Å². The van der Waals surface area contributed by atoms with Crippen LogP contribution in [-0.2, 0) is 6.42 Å². The number of hydrogen-bond donors (Lipinski definition) is 1. The largest absolute Gasteiger partial charge is 0.313 e. The van der Waals surface area contributed by atoms with E-state index in [1.165, 1.54) is 16.0 Å². The zero-order valence-electron chi connectivity index (χ0n) is 10.0. The summed E-state index contributed by atoms with van der Waals surface area (Å²) < 4.78 is 0. The highest BCUT2D eigenvalue weighted by molar-refractivity contribution is 7.10. The van der Waals surface area contributed by atoms with Crippen molar-refractivity contribution in [2.45, 2.75) is 19.4 Å². The molecule has 1 aromatic heterocycles. The second-order valence-electron chi connectivity index (χ2n) is 4.07. The minimum absolute atomic E-state index is 0.334. The normalized spacial score (nSPS) is 12.6. The van der Waals surface area contributed by atoms with Crippen LogP contribution in [0.2, 0.25) is 5.02 Å². The first kappa shape index (κ1) is 12.6. The summed E-state index contributed by atoms with van der Waals surface area (Å²) in [7, 11) is 2.00. The highest BCUT2D eigenvalue weighted by Gasteiger charge is 2.14. The minimum Gasteiger partial charge on any atom is -0.313 e. The molecule has 1 atom stereocenters. The standard InChI is InChI=1S/C14H16ClNS/c1-10-12(7-8-17-10)14(16-2)9-11-5-3-4-6-13(11)15/h3-8,14,16H,9H2,1-2H3. The molecule has 0 saturated heterocycles. The van der Waals surface area contributed by atoms with Gasteiger partial charge in [0.05, 0.1) is 0 Å². The smallest absolute Gasteiger partial charge is 0.0438 e. The van der Waals surface area contributed by atoms with Crippen molar-refractivity contribution < 1.29 is 0 Å². The second kappa shape index (κ2) is 5.67. The van der Waals surface area contributed by atoms with Gasteiger partial charge < -0.3 is 5.32 Å². The number of likely N-dealkylation sites (N-methyl/N-ethyl adjacent to an activating group) is 1. The molecule has 1 N–H and O–H groups in total. The van der Waals surface area contributed by atoms with Gasteiger partial charge in [-0.05, 0) is 49.0 Å². The van der Waals surface area contributed by atoms with Gasteiger partial charge in [0, 0.05) is 15.9 Å². The van der Waals surface area contributed by atoms with Crippen LogP contribution in [0.4, 0.5) is 0 Å². The average Bonchev–Trinajstić information content (AvgIpc) is 2.75. The summed E-state index contributed by atoms with van der Waals surface area (Å²) in [6.07, 6.45) is 0.924. The van der Waals surface area contributed by atoms with Gasteiger partial charge in [-0.2, -0.15) is 0 Å². The van der Waals surface area contributed by atoms with Crippen molar-refractivity contribution in [3.8, 4) is 0 Å². The first-order valence-corrected chi connectivity index (χ1v) is 6.92. The van der Waals surface area contributed by atoms with Crippen LogP contribution in [0, 0.1) is 6.92 Å². The van der Waals surface area contributed by atoms with E-state index in [1.54, 1.807) is 11.3 Å². The number of halogens is 1. The highest BCUT2D eigenvalue weighted by atomic mass is 35.5. The van der Waals surface area contributed by atoms with Crippen LogP contribution in [0.1, 0.15) is 22.0 Å². The van der Waals surface area contributed by atoms with E-state index in [1.807, 2.05) is 25.2 Å². The number of nitrogens with one attached hydrogen (secondary N) is 1. The molecule has 0 aliphatic carbocycles. The zero-order chi connectivity index (χ0) is 12.3. The molecule has 17 heavy (non-hydrogen) atoms. The Balaban J connectivity index is 2.22. The SMILES string of the molecule is CNC(Cc1ccccc1Cl)c1ccsc1C. The third kappa shape index (κ3) is 2.89. The summed E-state index contributed by atoms with van der Waals surface area (Å²) in [6, 6.07) is 10.6. The van der Waals surface area contributed by atoms with Gasteiger partial charge in [-0.3, -0.25) is 0 Å². The van der Waals surface area contributed by atoms with Gasteiger partial charge >= 0.3 is 0 Å². The minimum atomic E-state index is 0.334. The quantitative estimate of drug-likeness (QED) is 0.873. The molecule has 0 aliphatic heterocycles. The van der Waals surface area contributed by atoms with Crippen LogP contribution in [0.5, 0.6) is 0 Å². The number of hydrogen-bond acceptors (Lipinski definition) is 2. The number of rotatable bonds is 4. The van der Waals surface area contributed by atoms with Crippen LogP contribution in [0.3, 0.4) is 0 Å². The summed E-state index contributed by atoms with van der Waals surface area (Å²) in [5.74, 6) is 0. The molecule has 1 nitrogen and oxygen atoms in total. The molecule has 1 aromatic carbocycles. The van der Waals surface area contributed by atoms with Gasteiger partial charge in [0.2, 0.25) is 0 Å². The van der Waals surface area contributed by atoms with Crippen LogP contribution < -0.4 is 5.32 Å². The van der Waals surface area contributed by atoms with Crippen LogP contribution in [0.15, 0.2) is 35.7 Å². The molecule has 2 aromatic rings. The first-order valence-electron chi connectivity index (χ1n) is 5.67. The van der Waals surface area contributed by atoms with Crippen molar-refractivity contribution in [1.29, 1.82) is 0 Å². The van der Waals surface area contributed by atoms with Crippen LogP contribution in [0.25, 0.3) is 0 Å². The van der Waals surface area contributed by atoms with E-state index in [9.17, 15) is 0 Å². The molecule has 90 valence electrons. The average molecular weight is 266 g/mol. The molecule has 0 aliphatic rings. The van der Waals surface area contributed by atoms with Gasteiger partial charge in [-0.15, -0.1) is 11.3 Å². The van der Waals surface area contributed by atoms with E-state index in [2.05, 4.69) is 29.8 Å². The van der Waals surface area contributed by atoms with Crippen molar-refractivity contribution in [2.24, 2.45) is 0 Å². The molecule has 0 spiro atoms. The third-order valence-electron chi connectivity index (χ3n) is 3.00. The monoisotopic (exact) mass is 265 g/mol. The van der Waals surface area contributed by atoms with Crippen LogP contribution >= 0.6 is 22.9 Å². The predicted molar refractivity (Wildman–Crippen MR) is 76.0 cm³/mol. The van der Waals surface area contributed by atoms with Crippen molar-refractivity contribution in [2.75, 3.05) is 7.05 Å². The topological polar surface area (TPSA) is 12.0 Å². The Bertz CT molecular complexity index is 492. The maximum Gasteiger partial charge on any atom is 0.0438 e. The highest BCUT2D eigenvalue weighted by Crippen LogP contribution is 2.27. The Kier molecular flexibility index (Phi) is 4.21. The lowest BCUT2D eigenvalue weighted by Gasteiger charge is -2.17. The Labute approximate surface area is 111 Å². The van der Waals surface area contributed by atoms with Crippen molar-refractivity contribution in [1.82, 2.24) is 5.32 Å². The van der Waals surface area contributed by atoms with E-state index in [4.69, 9.17) is 11.6 Å². The third-order valence-corrected chi connectivity index (χ3v) is 4.23. The van der Waals surface area contributed by atoms with Crippen molar-refractivity contribution in [3.63, 3.8) is 0 Å². The maximum absolute atomic E-state index is 6.20. The first-order chi connectivity index (χ1) is 8.22. The number of benzene rings is 1. The lowest BCUT2D eigenvalue weighted by atomic mass is 10.00. The fraction of sp³-hybridized carbons (Fsp3) is 0.286. The molecule has 0 radical (unpaired) electrons. The molecular weight excluding hydrogens is 250 g/mol. The molecule has 0 fully saturated rings. The molecule has 1 unspecified atom stereocenters. The van der Waals surface area contributed by atoms with E-state index >= 15 is 0 Å². The molecule has 0 bridgehead atoms. The van der Waals surface area contributed by atoms with Gasteiger partial charge in [0.1, 0.15) is 0 Å². The predicted octanol–water partition coefficient (Wildman–Crippen LogP) is 4.21. The number of thiophene rings is 1. The molecular formula is C14H16ClNS. The lowest BCUT2D eigenvalue weighted by Crippen LogP contribution is -2.19. The summed E-state index contributed by atoms with van der Waals surface area (Å²) in [5, 5.41) is 6.36. The molecule has 0 saturated carbocycles. The summed E-state index contributed by atoms with van der Waals surface area (Å²) in [5.41, 5.74) is 2.57. The van der Waals surface area contributed by atoms with Gasteiger partial charge in [-0.1, -0.05) is 29.8 Å². The summed E-state index contributed by atoms with van der Waals surface area (Å²) >= 11 is 7.99. The van der Waals surface area contributed by atoms with Crippen LogP contribution in [-0.4, -0.2) is 7.05 Å². The summed E-state index contributed by atoms with van der Waals surface area (Å²) in [6.45, 7) is 2.16. The van der Waals surface area contributed by atoms with Gasteiger partial charge in [-0.25, -0.2) is 0 Å². The Morgan fingerprint density at radius 3 is 2.65 bits per heavy atom. The Morgan fingerprint density at radius 2 is 2.06 bits per heavy atom. The van der Waals surface area contributed by atoms with Gasteiger partial charge in [0.25, 0.3) is 0 Å². The zero-order valence-corrected chi connectivity index (χ0v) is 11.6. The van der Waals surface area contributed by atoms with E-state index in [0.29, 0.717) is 6.04 Å². The second-order valence-corrected chi connectivity index (χ2v) is 5.60. The van der Waals surface area contributed by atoms with E-state index in [0.717, 1.165) is 11.4 Å². The van der Waals surface area contributed by atoms with E-state index in [-0.39, 0.29) is 0 Å².